The molecule has 1 aromatic heterocycles. The molecule has 2 N–H and O–H groups in total. The van der Waals surface area contributed by atoms with E-state index in [0.29, 0.717) is 16.8 Å². The van der Waals surface area contributed by atoms with Crippen molar-refractivity contribution in [3.63, 3.8) is 0 Å². The summed E-state index contributed by atoms with van der Waals surface area (Å²) in [4.78, 5) is 11.6. The van der Waals surface area contributed by atoms with Gasteiger partial charge in [-0.3, -0.25) is 0 Å². The molecule has 0 bridgehead atoms. The van der Waals surface area contributed by atoms with Crippen LogP contribution < -0.4 is 0 Å². The second-order valence-corrected chi connectivity index (χ2v) is 7.76. The van der Waals surface area contributed by atoms with Crippen molar-refractivity contribution in [1.29, 1.82) is 0 Å². The molecule has 0 fully saturated rings. The Hall–Kier alpha value is -3.78. The van der Waals surface area contributed by atoms with Gasteiger partial charge in [-0.2, -0.15) is 0 Å². The summed E-state index contributed by atoms with van der Waals surface area (Å²) < 4.78 is 49.1. The van der Waals surface area contributed by atoms with E-state index in [1.807, 2.05) is 6.92 Å². The van der Waals surface area contributed by atoms with Crippen molar-refractivity contribution in [3.05, 3.63) is 83.3 Å². The molecule has 3 aromatic carbocycles. The number of methoxy groups -OCH3 is 1. The third-order valence-electron chi connectivity index (χ3n) is 5.49. The van der Waals surface area contributed by atoms with Crippen LogP contribution >= 0.6 is 0 Å². The highest BCUT2D eigenvalue weighted by atomic mass is 19.2. The minimum atomic E-state index is -1.14. The number of ether oxygens (including phenoxy) is 1. The summed E-state index contributed by atoms with van der Waals surface area (Å²) in [6.07, 6.45) is 0. The van der Waals surface area contributed by atoms with E-state index in [-0.39, 0.29) is 40.4 Å². The smallest absolute Gasteiger partial charge is 0.335 e. The van der Waals surface area contributed by atoms with Crippen molar-refractivity contribution >= 4 is 16.9 Å². The maximum atomic E-state index is 14.4. The summed E-state index contributed by atoms with van der Waals surface area (Å²) in [5, 5.41) is 20.4. The highest BCUT2D eigenvalue weighted by Crippen LogP contribution is 2.45. The zero-order valence-corrected chi connectivity index (χ0v) is 17.8. The first-order valence-corrected chi connectivity index (χ1v) is 10.1. The summed E-state index contributed by atoms with van der Waals surface area (Å²) in [6, 6.07) is 11.5. The number of nitrogens with zero attached hydrogens (tertiary/aromatic N) is 1. The van der Waals surface area contributed by atoms with E-state index >= 15 is 0 Å². The average molecular weight is 455 g/mol. The number of benzene rings is 3. The minimum absolute atomic E-state index is 0.0215. The van der Waals surface area contributed by atoms with Crippen LogP contribution in [0.1, 0.15) is 28.9 Å². The van der Waals surface area contributed by atoms with Crippen LogP contribution in [-0.2, 0) is 4.74 Å². The van der Waals surface area contributed by atoms with Crippen LogP contribution in [0.15, 0.2) is 54.6 Å². The van der Waals surface area contributed by atoms with Crippen molar-refractivity contribution in [2.75, 3.05) is 13.7 Å². The Kier molecular flexibility index (Phi) is 5.86. The lowest BCUT2D eigenvalue weighted by atomic mass is 9.94. The number of hydrogen-bond acceptors (Lipinski definition) is 3. The summed E-state index contributed by atoms with van der Waals surface area (Å²) in [6.45, 7) is 2.04. The molecule has 1 atom stereocenters. The molecule has 0 amide bonds. The fraction of sp³-hybridized carbons (Fsp3) is 0.160. The Morgan fingerprint density at radius 3 is 2.48 bits per heavy atom. The Balaban J connectivity index is 2.19. The van der Waals surface area contributed by atoms with Gasteiger partial charge in [-0.25, -0.2) is 18.0 Å². The van der Waals surface area contributed by atoms with Gasteiger partial charge in [0.2, 0.25) is 0 Å². The predicted octanol–water partition coefficient (Wildman–Crippen LogP) is 5.87. The van der Waals surface area contributed by atoms with Crippen molar-refractivity contribution < 1.29 is 32.9 Å². The SMILES string of the molecule is COCC(C)c1c(-c2cccc(C(=O)O)c2)c2c(O)cc(F)cc2n1-c1ccc(F)c(F)c1. The largest absolute Gasteiger partial charge is 0.507 e. The number of aromatic carboxylic acids is 1. The van der Waals surface area contributed by atoms with Crippen LogP contribution in [0.3, 0.4) is 0 Å². The van der Waals surface area contributed by atoms with Gasteiger partial charge in [-0.15, -0.1) is 0 Å². The van der Waals surface area contributed by atoms with Crippen LogP contribution in [0.2, 0.25) is 0 Å². The number of phenolic OH excluding ortho intramolecular Hbond substituents is 1. The molecule has 4 aromatic rings. The van der Waals surface area contributed by atoms with Crippen LogP contribution in [0.25, 0.3) is 27.7 Å². The van der Waals surface area contributed by atoms with E-state index in [9.17, 15) is 28.2 Å². The molecule has 0 aliphatic rings. The normalized spacial score (nSPS) is 12.3. The molecule has 1 heterocycles. The first-order valence-electron chi connectivity index (χ1n) is 10.1. The van der Waals surface area contributed by atoms with Crippen LogP contribution in [-0.4, -0.2) is 34.5 Å². The van der Waals surface area contributed by atoms with E-state index in [1.54, 1.807) is 12.1 Å². The number of fused-ring (bicyclic) bond motifs is 1. The van der Waals surface area contributed by atoms with Gasteiger partial charge in [0.25, 0.3) is 0 Å². The molecule has 0 aliphatic carbocycles. The molecule has 5 nitrogen and oxygen atoms in total. The predicted molar refractivity (Wildman–Crippen MR) is 118 cm³/mol. The lowest BCUT2D eigenvalue weighted by Gasteiger charge is -2.18. The van der Waals surface area contributed by atoms with Crippen molar-refractivity contribution in [2.45, 2.75) is 12.8 Å². The maximum absolute atomic E-state index is 14.4. The number of hydrogen-bond donors (Lipinski definition) is 2. The standard InChI is InChI=1S/C25H20F3NO4/c1-13(12-33-2)24-22(14-4-3-5-15(8-14)25(31)32)23-20(9-16(26)10-21(23)30)29(24)17-6-7-18(27)19(28)11-17/h3-11,13,30H,12H2,1-2H3,(H,31,32). The molecular weight excluding hydrogens is 435 g/mol. The minimum Gasteiger partial charge on any atom is -0.507 e. The lowest BCUT2D eigenvalue weighted by molar-refractivity contribution is 0.0697. The van der Waals surface area contributed by atoms with Gasteiger partial charge in [0.15, 0.2) is 11.6 Å². The van der Waals surface area contributed by atoms with Gasteiger partial charge in [-0.1, -0.05) is 19.1 Å². The number of carboxylic acid groups (broad SMARTS) is 1. The molecule has 0 spiro atoms. The Morgan fingerprint density at radius 1 is 1.06 bits per heavy atom. The number of carbonyl (C=O) groups is 1. The van der Waals surface area contributed by atoms with Crippen LogP contribution in [0.5, 0.6) is 5.75 Å². The van der Waals surface area contributed by atoms with E-state index in [2.05, 4.69) is 0 Å². The molecule has 0 radical (unpaired) electrons. The number of aromatic hydroxyl groups is 1. The fourth-order valence-corrected chi connectivity index (χ4v) is 4.18. The lowest BCUT2D eigenvalue weighted by Crippen LogP contribution is -2.10. The van der Waals surface area contributed by atoms with E-state index in [0.717, 1.165) is 18.2 Å². The Bertz CT molecular complexity index is 1380. The average Bonchev–Trinajstić information content (AvgIpc) is 3.11. The third-order valence-corrected chi connectivity index (χ3v) is 5.49. The zero-order chi connectivity index (χ0) is 23.9. The first kappa shape index (κ1) is 22.4. The van der Waals surface area contributed by atoms with E-state index < -0.39 is 23.4 Å². The summed E-state index contributed by atoms with van der Waals surface area (Å²) in [7, 11) is 1.50. The molecule has 170 valence electrons. The number of halogens is 3. The van der Waals surface area contributed by atoms with Crippen molar-refractivity contribution in [1.82, 2.24) is 4.57 Å². The summed E-state index contributed by atoms with van der Waals surface area (Å²) >= 11 is 0. The first-order chi connectivity index (χ1) is 15.7. The second kappa shape index (κ2) is 8.63. The summed E-state index contributed by atoms with van der Waals surface area (Å²) in [5.41, 5.74) is 1.87. The highest BCUT2D eigenvalue weighted by molar-refractivity contribution is 6.04. The van der Waals surface area contributed by atoms with Gasteiger partial charge in [0, 0.05) is 42.1 Å². The fourth-order valence-electron chi connectivity index (χ4n) is 4.18. The molecule has 4 rings (SSSR count). The van der Waals surface area contributed by atoms with Gasteiger partial charge in [0.05, 0.1) is 23.1 Å². The van der Waals surface area contributed by atoms with Gasteiger partial charge in [-0.05, 0) is 35.9 Å². The molecule has 33 heavy (non-hydrogen) atoms. The van der Waals surface area contributed by atoms with E-state index in [1.165, 1.54) is 35.9 Å². The topological polar surface area (TPSA) is 71.7 Å². The van der Waals surface area contributed by atoms with Gasteiger partial charge < -0.3 is 19.5 Å². The molecule has 1 unspecified atom stereocenters. The molecule has 8 heteroatoms. The number of aromatic nitrogens is 1. The van der Waals surface area contributed by atoms with Crippen molar-refractivity contribution in [3.8, 4) is 22.6 Å². The quantitative estimate of drug-likeness (QED) is 0.382. The van der Waals surface area contributed by atoms with Crippen LogP contribution in [0, 0.1) is 17.5 Å². The maximum Gasteiger partial charge on any atom is 0.335 e. The number of carboxylic acids is 1. The van der Waals surface area contributed by atoms with Gasteiger partial charge in [0.1, 0.15) is 11.6 Å². The molecular formula is C25H20F3NO4. The van der Waals surface area contributed by atoms with Crippen molar-refractivity contribution in [2.24, 2.45) is 0 Å². The van der Waals surface area contributed by atoms with E-state index in [4.69, 9.17) is 4.74 Å². The van der Waals surface area contributed by atoms with Crippen LogP contribution in [0.4, 0.5) is 13.2 Å². The third kappa shape index (κ3) is 3.93. The Labute approximate surface area is 187 Å². The molecule has 0 aliphatic heterocycles. The summed E-state index contributed by atoms with van der Waals surface area (Å²) in [5.74, 6) is -4.71. The monoisotopic (exact) mass is 455 g/mol. The van der Waals surface area contributed by atoms with Gasteiger partial charge >= 0.3 is 5.97 Å². The number of rotatable bonds is 6. The highest BCUT2D eigenvalue weighted by Gasteiger charge is 2.27. The zero-order valence-electron chi connectivity index (χ0n) is 17.8. The molecule has 0 saturated heterocycles. The molecule has 0 saturated carbocycles. The second-order valence-electron chi connectivity index (χ2n) is 7.76. The Morgan fingerprint density at radius 2 is 1.82 bits per heavy atom. The number of phenols is 1.